The van der Waals surface area contributed by atoms with E-state index in [1.54, 1.807) is 0 Å². The first-order valence-electron chi connectivity index (χ1n) is 7.54. The minimum absolute atomic E-state index is 0.0954. The molecule has 24 heavy (non-hydrogen) atoms. The average molecular weight is 342 g/mol. The molecule has 0 atom stereocenters. The van der Waals surface area contributed by atoms with Gasteiger partial charge in [0.25, 0.3) is 0 Å². The number of fused-ring (bicyclic) bond motifs is 1. The van der Waals surface area contributed by atoms with Gasteiger partial charge in [0.15, 0.2) is 5.78 Å². The Kier molecular flexibility index (Phi) is 4.26. The van der Waals surface area contributed by atoms with Gasteiger partial charge in [0.1, 0.15) is 0 Å². The van der Waals surface area contributed by atoms with Crippen LogP contribution < -0.4 is 4.72 Å². The Hall–Kier alpha value is -2.44. The van der Waals surface area contributed by atoms with E-state index < -0.39 is 10.0 Å². The molecule has 0 unspecified atom stereocenters. The summed E-state index contributed by atoms with van der Waals surface area (Å²) in [6.45, 7) is 3.63. The molecule has 6 heteroatoms. The Bertz CT molecular complexity index is 1000. The molecule has 3 rings (SSSR count). The summed E-state index contributed by atoms with van der Waals surface area (Å²) in [7, 11) is -3.62. The second-order valence-electron chi connectivity index (χ2n) is 5.78. The van der Waals surface area contributed by atoms with Crippen molar-refractivity contribution in [2.75, 3.05) is 0 Å². The Morgan fingerprint density at radius 3 is 2.46 bits per heavy atom. The lowest BCUT2D eigenvalue weighted by molar-refractivity contribution is 0.101. The number of hydrogen-bond acceptors (Lipinski definition) is 3. The zero-order valence-electron chi connectivity index (χ0n) is 13.5. The summed E-state index contributed by atoms with van der Waals surface area (Å²) in [6, 6.07) is 13.7. The van der Waals surface area contributed by atoms with Gasteiger partial charge in [-0.15, -0.1) is 0 Å². The Morgan fingerprint density at radius 2 is 1.79 bits per heavy atom. The molecule has 0 saturated heterocycles. The standard InChI is InChI=1S/C18H18N2O3S/c1-12-9-16-10-14(3-8-18(16)20-12)11-19-24(22,23)17-6-4-15(5-7-17)13(2)21/h3-10,19-20H,11H2,1-2H3. The fraction of sp³-hybridized carbons (Fsp3) is 0.167. The van der Waals surface area contributed by atoms with Gasteiger partial charge in [-0.1, -0.05) is 18.2 Å². The van der Waals surface area contributed by atoms with Crippen LogP contribution in [-0.4, -0.2) is 19.2 Å². The van der Waals surface area contributed by atoms with Crippen molar-refractivity contribution in [1.82, 2.24) is 9.71 Å². The summed E-state index contributed by atoms with van der Waals surface area (Å²) in [4.78, 5) is 14.6. The highest BCUT2D eigenvalue weighted by Crippen LogP contribution is 2.17. The average Bonchev–Trinajstić information content (AvgIpc) is 2.92. The Balaban J connectivity index is 1.77. The van der Waals surface area contributed by atoms with E-state index in [9.17, 15) is 13.2 Å². The molecule has 3 aromatic rings. The molecule has 2 aromatic carbocycles. The third-order valence-corrected chi connectivity index (χ3v) is 5.27. The number of aryl methyl sites for hydroxylation is 1. The van der Waals surface area contributed by atoms with E-state index in [0.717, 1.165) is 22.2 Å². The molecule has 124 valence electrons. The van der Waals surface area contributed by atoms with E-state index in [-0.39, 0.29) is 17.2 Å². The van der Waals surface area contributed by atoms with Crippen molar-refractivity contribution in [3.63, 3.8) is 0 Å². The summed E-state index contributed by atoms with van der Waals surface area (Å²) in [5.41, 5.74) is 3.46. The van der Waals surface area contributed by atoms with Gasteiger partial charge in [-0.25, -0.2) is 13.1 Å². The van der Waals surface area contributed by atoms with E-state index in [0.29, 0.717) is 5.56 Å². The minimum atomic E-state index is -3.62. The fourth-order valence-electron chi connectivity index (χ4n) is 2.57. The summed E-state index contributed by atoms with van der Waals surface area (Å²) in [6.07, 6.45) is 0. The number of hydrogen-bond donors (Lipinski definition) is 2. The zero-order valence-corrected chi connectivity index (χ0v) is 14.3. The van der Waals surface area contributed by atoms with Gasteiger partial charge >= 0.3 is 0 Å². The number of sulfonamides is 1. The van der Waals surface area contributed by atoms with Crippen LogP contribution in [0.3, 0.4) is 0 Å². The number of carbonyl (C=O) groups excluding carboxylic acids is 1. The van der Waals surface area contributed by atoms with Gasteiger partial charge in [0.2, 0.25) is 10.0 Å². The smallest absolute Gasteiger partial charge is 0.240 e. The van der Waals surface area contributed by atoms with Gasteiger partial charge in [-0.2, -0.15) is 0 Å². The van der Waals surface area contributed by atoms with Crippen molar-refractivity contribution in [2.45, 2.75) is 25.3 Å². The van der Waals surface area contributed by atoms with E-state index in [4.69, 9.17) is 0 Å². The molecule has 0 aliphatic heterocycles. The molecular formula is C18H18N2O3S. The van der Waals surface area contributed by atoms with Crippen LogP contribution in [0.5, 0.6) is 0 Å². The molecular weight excluding hydrogens is 324 g/mol. The largest absolute Gasteiger partial charge is 0.359 e. The van der Waals surface area contributed by atoms with Crippen LogP contribution in [0.25, 0.3) is 10.9 Å². The normalized spacial score (nSPS) is 11.8. The molecule has 0 aliphatic carbocycles. The van der Waals surface area contributed by atoms with Crippen LogP contribution in [0.1, 0.15) is 28.5 Å². The third kappa shape index (κ3) is 3.39. The summed E-state index contributed by atoms with van der Waals surface area (Å²) in [5, 5.41) is 1.05. The highest BCUT2D eigenvalue weighted by atomic mass is 32.2. The first kappa shape index (κ1) is 16.4. The summed E-state index contributed by atoms with van der Waals surface area (Å²) < 4.78 is 27.3. The van der Waals surface area contributed by atoms with Gasteiger partial charge < -0.3 is 4.98 Å². The second-order valence-corrected chi connectivity index (χ2v) is 7.55. The highest BCUT2D eigenvalue weighted by Gasteiger charge is 2.14. The number of ketones is 1. The molecule has 1 aromatic heterocycles. The first-order valence-corrected chi connectivity index (χ1v) is 9.02. The zero-order chi connectivity index (χ0) is 17.3. The number of nitrogens with one attached hydrogen (secondary N) is 2. The maximum Gasteiger partial charge on any atom is 0.240 e. The second kappa shape index (κ2) is 6.22. The van der Waals surface area contributed by atoms with Crippen LogP contribution in [0.4, 0.5) is 0 Å². The lowest BCUT2D eigenvalue weighted by atomic mass is 10.1. The predicted octanol–water partition coefficient (Wildman–Crippen LogP) is 3.16. The molecule has 0 saturated carbocycles. The van der Waals surface area contributed by atoms with E-state index in [1.807, 2.05) is 31.2 Å². The number of aromatic amines is 1. The van der Waals surface area contributed by atoms with Crippen molar-refractivity contribution >= 4 is 26.7 Å². The lowest BCUT2D eigenvalue weighted by Gasteiger charge is -2.07. The number of carbonyl (C=O) groups is 1. The molecule has 0 amide bonds. The van der Waals surface area contributed by atoms with Crippen molar-refractivity contribution < 1.29 is 13.2 Å². The van der Waals surface area contributed by atoms with E-state index in [2.05, 4.69) is 9.71 Å². The lowest BCUT2D eigenvalue weighted by Crippen LogP contribution is -2.23. The van der Waals surface area contributed by atoms with E-state index in [1.165, 1.54) is 31.2 Å². The first-order chi connectivity index (χ1) is 11.3. The van der Waals surface area contributed by atoms with Crippen molar-refractivity contribution in [3.05, 3.63) is 65.4 Å². The summed E-state index contributed by atoms with van der Waals surface area (Å²) >= 11 is 0. The maximum atomic E-state index is 12.4. The van der Waals surface area contributed by atoms with Crippen molar-refractivity contribution in [1.29, 1.82) is 0 Å². The van der Waals surface area contributed by atoms with Gasteiger partial charge in [0, 0.05) is 23.3 Å². The predicted molar refractivity (Wildman–Crippen MR) is 93.5 cm³/mol. The fourth-order valence-corrected chi connectivity index (χ4v) is 3.59. The maximum absolute atomic E-state index is 12.4. The molecule has 0 aliphatic rings. The van der Waals surface area contributed by atoms with Crippen LogP contribution in [0.15, 0.2) is 53.4 Å². The summed E-state index contributed by atoms with van der Waals surface area (Å²) in [5.74, 6) is -0.0954. The quantitative estimate of drug-likeness (QED) is 0.699. The molecule has 0 spiro atoms. The van der Waals surface area contributed by atoms with Crippen LogP contribution in [-0.2, 0) is 16.6 Å². The number of aromatic nitrogens is 1. The number of benzene rings is 2. The van der Waals surface area contributed by atoms with Crippen molar-refractivity contribution in [2.24, 2.45) is 0 Å². The topological polar surface area (TPSA) is 79.0 Å². The number of H-pyrrole nitrogens is 1. The molecule has 0 fully saturated rings. The Labute approximate surface area is 140 Å². The van der Waals surface area contributed by atoms with Crippen molar-refractivity contribution in [3.8, 4) is 0 Å². The SMILES string of the molecule is CC(=O)c1ccc(S(=O)(=O)NCc2ccc3[nH]c(C)cc3c2)cc1. The van der Waals surface area contributed by atoms with Crippen LogP contribution >= 0.6 is 0 Å². The third-order valence-electron chi connectivity index (χ3n) is 3.86. The number of rotatable bonds is 5. The van der Waals surface area contributed by atoms with Gasteiger partial charge in [0.05, 0.1) is 4.90 Å². The highest BCUT2D eigenvalue weighted by molar-refractivity contribution is 7.89. The molecule has 5 nitrogen and oxygen atoms in total. The van der Waals surface area contributed by atoms with Gasteiger partial charge in [-0.3, -0.25) is 4.79 Å². The minimum Gasteiger partial charge on any atom is -0.359 e. The molecule has 2 N–H and O–H groups in total. The van der Waals surface area contributed by atoms with E-state index >= 15 is 0 Å². The number of Topliss-reactive ketones (excluding diaryl/α,β-unsaturated/α-hetero) is 1. The van der Waals surface area contributed by atoms with Crippen LogP contribution in [0, 0.1) is 6.92 Å². The molecule has 0 radical (unpaired) electrons. The Morgan fingerprint density at radius 1 is 1.08 bits per heavy atom. The molecule has 1 heterocycles. The van der Waals surface area contributed by atoms with Gasteiger partial charge in [-0.05, 0) is 55.1 Å². The monoisotopic (exact) mass is 342 g/mol. The molecule has 0 bridgehead atoms. The van der Waals surface area contributed by atoms with Crippen LogP contribution in [0.2, 0.25) is 0 Å².